The van der Waals surface area contributed by atoms with Crippen molar-refractivity contribution in [3.05, 3.63) is 51.9 Å². The first-order valence-electron chi connectivity index (χ1n) is 9.36. The summed E-state index contributed by atoms with van der Waals surface area (Å²) in [5.74, 6) is 1.83. The molecular formula is C20H24ClN5O. The Balaban J connectivity index is 1.61. The molecule has 27 heavy (non-hydrogen) atoms. The summed E-state index contributed by atoms with van der Waals surface area (Å²) in [6.45, 7) is 7.11. The van der Waals surface area contributed by atoms with Crippen LogP contribution in [0.1, 0.15) is 27.4 Å². The van der Waals surface area contributed by atoms with Gasteiger partial charge in [0.2, 0.25) is 0 Å². The third-order valence-electron chi connectivity index (χ3n) is 5.33. The molecule has 0 atom stereocenters. The molecule has 1 amide bonds. The summed E-state index contributed by atoms with van der Waals surface area (Å²) in [7, 11) is 2.14. The standard InChI is InChI=1S/C20H24ClN5O/c1-14-22-18-7-8-26(20(27)15-3-5-16(21)6-4-15)13-17(18)19(23-14)25-11-9-24(2)10-12-25/h3-6H,7-13H2,1-2H3. The Labute approximate surface area is 164 Å². The number of halogens is 1. The van der Waals surface area contributed by atoms with Gasteiger partial charge in [-0.2, -0.15) is 0 Å². The van der Waals surface area contributed by atoms with Gasteiger partial charge in [-0.25, -0.2) is 9.97 Å². The van der Waals surface area contributed by atoms with Gasteiger partial charge in [-0.1, -0.05) is 11.6 Å². The summed E-state index contributed by atoms with van der Waals surface area (Å²) in [6.07, 6.45) is 0.763. The van der Waals surface area contributed by atoms with Gasteiger partial charge in [0.15, 0.2) is 0 Å². The van der Waals surface area contributed by atoms with Crippen LogP contribution in [0.2, 0.25) is 5.02 Å². The summed E-state index contributed by atoms with van der Waals surface area (Å²) in [5.41, 5.74) is 2.84. The van der Waals surface area contributed by atoms with Gasteiger partial charge in [-0.05, 0) is 38.2 Å². The van der Waals surface area contributed by atoms with Crippen molar-refractivity contribution in [3.8, 4) is 0 Å². The number of hydrogen-bond acceptors (Lipinski definition) is 5. The maximum absolute atomic E-state index is 12.9. The maximum Gasteiger partial charge on any atom is 0.254 e. The second-order valence-electron chi connectivity index (χ2n) is 7.29. The predicted octanol–water partition coefficient (Wildman–Crippen LogP) is 2.39. The number of amides is 1. The number of carbonyl (C=O) groups is 1. The number of fused-ring (bicyclic) bond motifs is 1. The van der Waals surface area contributed by atoms with Crippen molar-refractivity contribution in [2.45, 2.75) is 19.9 Å². The topological polar surface area (TPSA) is 52.6 Å². The Morgan fingerprint density at radius 2 is 1.74 bits per heavy atom. The zero-order valence-electron chi connectivity index (χ0n) is 15.8. The van der Waals surface area contributed by atoms with Crippen LogP contribution in [0.4, 0.5) is 5.82 Å². The van der Waals surface area contributed by atoms with E-state index in [-0.39, 0.29) is 5.91 Å². The van der Waals surface area contributed by atoms with Crippen LogP contribution in [0.15, 0.2) is 24.3 Å². The zero-order valence-corrected chi connectivity index (χ0v) is 16.5. The molecule has 2 aromatic rings. The number of carbonyl (C=O) groups excluding carboxylic acids is 1. The predicted molar refractivity (Wildman–Crippen MR) is 106 cm³/mol. The molecule has 0 aliphatic carbocycles. The van der Waals surface area contributed by atoms with Crippen LogP contribution in [-0.2, 0) is 13.0 Å². The largest absolute Gasteiger partial charge is 0.354 e. The lowest BCUT2D eigenvalue weighted by Gasteiger charge is -2.37. The Bertz CT molecular complexity index is 846. The summed E-state index contributed by atoms with van der Waals surface area (Å²) in [6, 6.07) is 7.09. The summed E-state index contributed by atoms with van der Waals surface area (Å²) >= 11 is 5.95. The molecule has 0 unspecified atom stereocenters. The van der Waals surface area contributed by atoms with E-state index in [0.29, 0.717) is 23.7 Å². The van der Waals surface area contributed by atoms with E-state index in [2.05, 4.69) is 21.8 Å². The molecule has 0 radical (unpaired) electrons. The third kappa shape index (κ3) is 3.77. The molecule has 0 N–H and O–H groups in total. The van der Waals surface area contributed by atoms with Crippen LogP contribution in [0.5, 0.6) is 0 Å². The van der Waals surface area contributed by atoms with E-state index in [9.17, 15) is 4.79 Å². The van der Waals surface area contributed by atoms with Crippen molar-refractivity contribution in [1.29, 1.82) is 0 Å². The molecule has 1 fully saturated rings. The van der Waals surface area contributed by atoms with Gasteiger partial charge in [0.1, 0.15) is 11.6 Å². The maximum atomic E-state index is 12.9. The number of nitrogens with zero attached hydrogens (tertiary/aromatic N) is 5. The number of piperazine rings is 1. The fourth-order valence-electron chi connectivity index (χ4n) is 3.75. The molecule has 2 aliphatic rings. The Hall–Kier alpha value is -2.18. The van der Waals surface area contributed by atoms with Crippen molar-refractivity contribution >= 4 is 23.3 Å². The highest BCUT2D eigenvalue weighted by Crippen LogP contribution is 2.28. The fraction of sp³-hybridized carbons (Fsp3) is 0.450. The van der Waals surface area contributed by atoms with E-state index in [1.807, 2.05) is 11.8 Å². The molecule has 1 aromatic carbocycles. The highest BCUT2D eigenvalue weighted by Gasteiger charge is 2.28. The van der Waals surface area contributed by atoms with Crippen molar-refractivity contribution in [1.82, 2.24) is 19.8 Å². The minimum absolute atomic E-state index is 0.0298. The average Bonchev–Trinajstić information content (AvgIpc) is 2.68. The van der Waals surface area contributed by atoms with E-state index in [4.69, 9.17) is 16.6 Å². The second kappa shape index (κ2) is 7.44. The van der Waals surface area contributed by atoms with Crippen LogP contribution >= 0.6 is 11.6 Å². The molecule has 6 nitrogen and oxygen atoms in total. The number of aryl methyl sites for hydroxylation is 1. The molecule has 142 valence electrons. The third-order valence-corrected chi connectivity index (χ3v) is 5.58. The van der Waals surface area contributed by atoms with Gasteiger partial charge in [-0.15, -0.1) is 0 Å². The van der Waals surface area contributed by atoms with Crippen LogP contribution in [0.25, 0.3) is 0 Å². The molecule has 4 rings (SSSR count). The van der Waals surface area contributed by atoms with Crippen LogP contribution in [0.3, 0.4) is 0 Å². The second-order valence-corrected chi connectivity index (χ2v) is 7.73. The van der Waals surface area contributed by atoms with Crippen LogP contribution in [-0.4, -0.2) is 65.4 Å². The minimum Gasteiger partial charge on any atom is -0.354 e. The normalized spacial score (nSPS) is 17.7. The average molecular weight is 386 g/mol. The summed E-state index contributed by atoms with van der Waals surface area (Å²) in [5, 5.41) is 0.636. The lowest BCUT2D eigenvalue weighted by Crippen LogP contribution is -2.46. The highest BCUT2D eigenvalue weighted by atomic mass is 35.5. The first kappa shape index (κ1) is 18.2. The number of aromatic nitrogens is 2. The van der Waals surface area contributed by atoms with Crippen molar-refractivity contribution in [2.24, 2.45) is 0 Å². The molecular weight excluding hydrogens is 362 g/mol. The quantitative estimate of drug-likeness (QED) is 0.794. The first-order valence-corrected chi connectivity index (χ1v) is 9.74. The van der Waals surface area contributed by atoms with Gasteiger partial charge < -0.3 is 14.7 Å². The van der Waals surface area contributed by atoms with E-state index in [1.165, 1.54) is 0 Å². The Kier molecular flexibility index (Phi) is 5.02. The van der Waals surface area contributed by atoms with Crippen LogP contribution < -0.4 is 4.90 Å². The Morgan fingerprint density at radius 3 is 2.44 bits per heavy atom. The van der Waals surface area contributed by atoms with Gasteiger partial charge in [0.25, 0.3) is 5.91 Å². The lowest BCUT2D eigenvalue weighted by molar-refractivity contribution is 0.0733. The molecule has 0 bridgehead atoms. The molecule has 1 aromatic heterocycles. The van der Waals surface area contributed by atoms with Crippen molar-refractivity contribution in [3.63, 3.8) is 0 Å². The van der Waals surface area contributed by atoms with Gasteiger partial charge in [-0.3, -0.25) is 4.79 Å². The molecule has 0 saturated carbocycles. The molecule has 7 heteroatoms. The van der Waals surface area contributed by atoms with Gasteiger partial charge >= 0.3 is 0 Å². The zero-order chi connectivity index (χ0) is 19.0. The van der Waals surface area contributed by atoms with E-state index in [0.717, 1.165) is 55.5 Å². The number of hydrogen-bond donors (Lipinski definition) is 0. The summed E-state index contributed by atoms with van der Waals surface area (Å²) in [4.78, 5) is 28.9. The smallest absolute Gasteiger partial charge is 0.254 e. The van der Waals surface area contributed by atoms with E-state index >= 15 is 0 Å². The number of anilines is 1. The first-order chi connectivity index (χ1) is 13.0. The van der Waals surface area contributed by atoms with Gasteiger partial charge in [0, 0.05) is 55.3 Å². The monoisotopic (exact) mass is 385 g/mol. The Morgan fingerprint density at radius 1 is 1.04 bits per heavy atom. The minimum atomic E-state index is 0.0298. The summed E-state index contributed by atoms with van der Waals surface area (Å²) < 4.78 is 0. The lowest BCUT2D eigenvalue weighted by atomic mass is 10.0. The molecule has 0 spiro atoms. The fourth-order valence-corrected chi connectivity index (χ4v) is 3.87. The van der Waals surface area contributed by atoms with Crippen LogP contribution in [0, 0.1) is 6.92 Å². The van der Waals surface area contributed by atoms with Gasteiger partial charge in [0.05, 0.1) is 12.2 Å². The van der Waals surface area contributed by atoms with Crippen molar-refractivity contribution in [2.75, 3.05) is 44.7 Å². The molecule has 2 aliphatic heterocycles. The number of rotatable bonds is 2. The van der Waals surface area contributed by atoms with E-state index < -0.39 is 0 Å². The number of benzene rings is 1. The van der Waals surface area contributed by atoms with E-state index in [1.54, 1.807) is 24.3 Å². The number of likely N-dealkylation sites (N-methyl/N-ethyl adjacent to an activating group) is 1. The molecule has 1 saturated heterocycles. The SMILES string of the molecule is Cc1nc2c(c(N3CCN(C)CC3)n1)CN(C(=O)c1ccc(Cl)cc1)CC2. The molecule has 3 heterocycles. The highest BCUT2D eigenvalue weighted by molar-refractivity contribution is 6.30. The van der Waals surface area contributed by atoms with Crippen molar-refractivity contribution < 1.29 is 4.79 Å².